The SMILES string of the molecule is CCCCCCCC(=O)[O-].CCCCCCCCCC(=O)[O-].CCCCCCCCCCCC(=O)[O-].[Na+].[Na+].[Na+]. The van der Waals surface area contributed by atoms with E-state index in [0.29, 0.717) is 0 Å². The molecule has 0 aromatic rings. The van der Waals surface area contributed by atoms with Crippen molar-refractivity contribution in [3.8, 4) is 0 Å². The minimum absolute atomic E-state index is 0. The first kappa shape index (κ1) is 53.0. The molecular formula is C30H57Na3O6. The minimum atomic E-state index is -0.920. The van der Waals surface area contributed by atoms with Crippen molar-refractivity contribution < 1.29 is 118 Å². The van der Waals surface area contributed by atoms with Gasteiger partial charge in [0, 0.05) is 17.9 Å². The molecule has 0 atom stereocenters. The molecule has 0 aliphatic heterocycles. The van der Waals surface area contributed by atoms with Gasteiger partial charge in [0.15, 0.2) is 0 Å². The zero-order chi connectivity index (χ0) is 27.7. The van der Waals surface area contributed by atoms with E-state index < -0.39 is 17.9 Å². The van der Waals surface area contributed by atoms with Crippen molar-refractivity contribution in [1.82, 2.24) is 0 Å². The minimum Gasteiger partial charge on any atom is -0.550 e. The topological polar surface area (TPSA) is 120 Å². The Morgan fingerprint density at radius 1 is 0.333 bits per heavy atom. The maximum absolute atomic E-state index is 10.1. The number of carboxylic acid groups (broad SMARTS) is 3. The average molecular weight is 583 g/mol. The van der Waals surface area contributed by atoms with E-state index in [9.17, 15) is 29.7 Å². The van der Waals surface area contributed by atoms with E-state index in [-0.39, 0.29) is 108 Å². The van der Waals surface area contributed by atoms with Gasteiger partial charge in [-0.15, -0.1) is 0 Å². The van der Waals surface area contributed by atoms with Gasteiger partial charge in [0.1, 0.15) is 0 Å². The molecule has 39 heavy (non-hydrogen) atoms. The summed E-state index contributed by atoms with van der Waals surface area (Å²) >= 11 is 0. The Bertz CT molecular complexity index is 480. The third-order valence-corrected chi connectivity index (χ3v) is 5.95. The summed E-state index contributed by atoms with van der Waals surface area (Å²) < 4.78 is 0. The number of carbonyl (C=O) groups excluding carboxylic acids is 3. The average Bonchev–Trinajstić information content (AvgIpc) is 2.82. The van der Waals surface area contributed by atoms with E-state index >= 15 is 0 Å². The van der Waals surface area contributed by atoms with Gasteiger partial charge in [-0.1, -0.05) is 136 Å². The summed E-state index contributed by atoms with van der Waals surface area (Å²) in [5, 5.41) is 30.0. The number of carbonyl (C=O) groups is 3. The van der Waals surface area contributed by atoms with Crippen molar-refractivity contribution >= 4 is 17.9 Å². The molecule has 0 rings (SSSR count). The Balaban J connectivity index is -0.000000102. The number of aliphatic carboxylic acids is 3. The van der Waals surface area contributed by atoms with E-state index in [1.165, 1.54) is 89.9 Å². The zero-order valence-corrected chi connectivity index (χ0v) is 32.9. The molecule has 0 N–H and O–H groups in total. The quantitative estimate of drug-likeness (QED) is 0.0867. The van der Waals surface area contributed by atoms with Crippen molar-refractivity contribution in [3.05, 3.63) is 0 Å². The molecule has 0 fully saturated rings. The van der Waals surface area contributed by atoms with Crippen LogP contribution >= 0.6 is 0 Å². The normalized spacial score (nSPS) is 9.31. The first-order valence-corrected chi connectivity index (χ1v) is 14.9. The molecule has 0 aromatic heterocycles. The molecule has 0 aliphatic rings. The Morgan fingerprint density at radius 2 is 0.487 bits per heavy atom. The Morgan fingerprint density at radius 3 is 0.641 bits per heavy atom. The van der Waals surface area contributed by atoms with E-state index in [0.717, 1.165) is 44.9 Å². The first-order valence-electron chi connectivity index (χ1n) is 14.9. The van der Waals surface area contributed by atoms with Crippen LogP contribution in [0.3, 0.4) is 0 Å². The van der Waals surface area contributed by atoms with Crippen LogP contribution in [0.2, 0.25) is 0 Å². The fraction of sp³-hybridized carbons (Fsp3) is 0.900. The van der Waals surface area contributed by atoms with Crippen molar-refractivity contribution in [2.45, 2.75) is 175 Å². The predicted molar refractivity (Wildman–Crippen MR) is 143 cm³/mol. The van der Waals surface area contributed by atoms with Crippen LogP contribution in [0.4, 0.5) is 0 Å². The van der Waals surface area contributed by atoms with Crippen LogP contribution < -0.4 is 104 Å². The monoisotopic (exact) mass is 582 g/mol. The molecule has 0 heterocycles. The molecule has 6 nitrogen and oxygen atoms in total. The summed E-state index contributed by atoms with van der Waals surface area (Å²) in [6, 6.07) is 0. The van der Waals surface area contributed by atoms with Crippen molar-refractivity contribution in [2.75, 3.05) is 0 Å². The van der Waals surface area contributed by atoms with Gasteiger partial charge in [0.25, 0.3) is 0 Å². The molecule has 0 radical (unpaired) electrons. The second-order valence-corrected chi connectivity index (χ2v) is 9.73. The fourth-order valence-corrected chi connectivity index (χ4v) is 3.68. The van der Waals surface area contributed by atoms with Crippen molar-refractivity contribution in [2.24, 2.45) is 0 Å². The van der Waals surface area contributed by atoms with E-state index in [1.807, 2.05) is 0 Å². The molecule has 0 bridgehead atoms. The summed E-state index contributed by atoms with van der Waals surface area (Å²) in [5.74, 6) is -2.74. The van der Waals surface area contributed by atoms with Crippen LogP contribution in [0.5, 0.6) is 0 Å². The fourth-order valence-electron chi connectivity index (χ4n) is 3.68. The summed E-state index contributed by atoms with van der Waals surface area (Å²) in [7, 11) is 0. The van der Waals surface area contributed by atoms with Gasteiger partial charge in [0.05, 0.1) is 0 Å². The Labute approximate surface area is 307 Å². The van der Waals surface area contributed by atoms with E-state index in [1.54, 1.807) is 0 Å². The van der Waals surface area contributed by atoms with Gasteiger partial charge < -0.3 is 29.7 Å². The number of carboxylic acids is 3. The molecule has 0 aromatic carbocycles. The molecule has 0 unspecified atom stereocenters. The molecule has 0 amide bonds. The molecular weight excluding hydrogens is 525 g/mol. The number of hydrogen-bond acceptors (Lipinski definition) is 6. The largest absolute Gasteiger partial charge is 1.00 e. The van der Waals surface area contributed by atoms with Crippen LogP contribution in [0.25, 0.3) is 0 Å². The molecule has 0 spiro atoms. The van der Waals surface area contributed by atoms with Gasteiger partial charge in [-0.25, -0.2) is 0 Å². The van der Waals surface area contributed by atoms with Crippen LogP contribution in [-0.2, 0) is 14.4 Å². The van der Waals surface area contributed by atoms with E-state index in [2.05, 4.69) is 20.8 Å². The summed E-state index contributed by atoms with van der Waals surface area (Å²) in [4.78, 5) is 30.0. The van der Waals surface area contributed by atoms with Crippen LogP contribution in [0.1, 0.15) is 175 Å². The molecule has 216 valence electrons. The zero-order valence-electron chi connectivity index (χ0n) is 26.9. The number of rotatable bonds is 24. The van der Waals surface area contributed by atoms with E-state index in [4.69, 9.17) is 0 Å². The Kier molecular flexibility index (Phi) is 66.7. The summed E-state index contributed by atoms with van der Waals surface area (Å²) in [6.07, 6.45) is 25.1. The first-order chi connectivity index (χ1) is 17.3. The van der Waals surface area contributed by atoms with Crippen LogP contribution in [-0.4, -0.2) is 17.9 Å². The maximum Gasteiger partial charge on any atom is 1.00 e. The second kappa shape index (κ2) is 49.1. The second-order valence-electron chi connectivity index (χ2n) is 9.73. The third-order valence-electron chi connectivity index (χ3n) is 5.95. The molecule has 0 saturated carbocycles. The van der Waals surface area contributed by atoms with Gasteiger partial charge >= 0.3 is 88.7 Å². The molecule has 0 aliphatic carbocycles. The number of unbranched alkanes of at least 4 members (excludes halogenated alkanes) is 18. The van der Waals surface area contributed by atoms with Gasteiger partial charge in [-0.05, 0) is 38.5 Å². The summed E-state index contributed by atoms with van der Waals surface area (Å²) in [6.45, 7) is 6.55. The third kappa shape index (κ3) is 68.3. The van der Waals surface area contributed by atoms with Crippen molar-refractivity contribution in [1.29, 1.82) is 0 Å². The smallest absolute Gasteiger partial charge is 0.550 e. The summed E-state index contributed by atoms with van der Waals surface area (Å²) in [5.41, 5.74) is 0. The van der Waals surface area contributed by atoms with Gasteiger partial charge in [-0.2, -0.15) is 0 Å². The van der Waals surface area contributed by atoms with Crippen LogP contribution in [0.15, 0.2) is 0 Å². The van der Waals surface area contributed by atoms with Gasteiger partial charge in [-0.3, -0.25) is 0 Å². The molecule has 0 saturated heterocycles. The standard InChI is InChI=1S/C12H24O2.C10H20O2.C8H16O2.3Na/c1-2-3-4-5-6-7-8-9-10-11-12(13)14;1-2-3-4-5-6-7-8-9-10(11)12;1-2-3-4-5-6-7-8(9)10;;;/h2-11H2,1H3,(H,13,14);2-9H2,1H3,(H,11,12);2-7H2,1H3,(H,9,10);;;/q;;;3*+1/p-3. The number of hydrogen-bond donors (Lipinski definition) is 0. The maximum atomic E-state index is 10.1. The van der Waals surface area contributed by atoms with Crippen LogP contribution in [0, 0.1) is 0 Å². The predicted octanol–water partition coefficient (Wildman–Crippen LogP) is -3.36. The van der Waals surface area contributed by atoms with Crippen molar-refractivity contribution in [3.63, 3.8) is 0 Å². The Hall–Kier alpha value is 1.41. The van der Waals surface area contributed by atoms with Gasteiger partial charge in [0.2, 0.25) is 0 Å². The molecule has 9 heteroatoms.